The molecule has 0 spiro atoms. The fraction of sp³-hybridized carbons (Fsp3) is 0. The third-order valence-electron chi connectivity index (χ3n) is 2.99. The third-order valence-corrected chi connectivity index (χ3v) is 2.99. The van der Waals surface area contributed by atoms with Crippen LogP contribution in [0.2, 0.25) is 0 Å². The highest BCUT2D eigenvalue weighted by molar-refractivity contribution is 6.16. The molecule has 0 aliphatic heterocycles. The summed E-state index contributed by atoms with van der Waals surface area (Å²) >= 11 is 0. The molecule has 4 N–H and O–H groups in total. The van der Waals surface area contributed by atoms with Crippen molar-refractivity contribution in [1.82, 2.24) is 0 Å². The third kappa shape index (κ3) is 2.59. The zero-order chi connectivity index (χ0) is 16.4. The van der Waals surface area contributed by atoms with Crippen LogP contribution in [0.4, 0.5) is 0 Å². The minimum atomic E-state index is -1.51. The summed E-state index contributed by atoms with van der Waals surface area (Å²) < 4.78 is 0. The first-order valence-corrected chi connectivity index (χ1v) is 5.99. The van der Waals surface area contributed by atoms with Crippen LogP contribution in [0.1, 0.15) is 36.6 Å². The molecule has 0 aromatic heterocycles. The molecule has 7 heteroatoms. The summed E-state index contributed by atoms with van der Waals surface area (Å²) in [5.74, 6) is -5.02. The molecule has 0 bridgehead atoms. The van der Waals surface area contributed by atoms with Crippen LogP contribution in [0.25, 0.3) is 0 Å². The summed E-state index contributed by atoms with van der Waals surface area (Å²) in [5.41, 5.74) is -1.78. The van der Waals surface area contributed by atoms with Gasteiger partial charge in [0.2, 0.25) is 0 Å². The number of hydrogen-bond donors (Lipinski definition) is 4. The van der Waals surface area contributed by atoms with Crippen LogP contribution in [0.5, 0.6) is 11.5 Å². The van der Waals surface area contributed by atoms with Crippen molar-refractivity contribution in [2.24, 2.45) is 0 Å². The molecular formula is C15H10O7. The molecule has 0 saturated carbocycles. The molecule has 0 unspecified atom stereocenters. The van der Waals surface area contributed by atoms with E-state index >= 15 is 0 Å². The van der Waals surface area contributed by atoms with Gasteiger partial charge in [-0.25, -0.2) is 9.59 Å². The van der Waals surface area contributed by atoms with Gasteiger partial charge < -0.3 is 20.4 Å². The van der Waals surface area contributed by atoms with E-state index in [0.717, 1.165) is 6.07 Å². The molecule has 112 valence electrons. The van der Waals surface area contributed by atoms with E-state index in [9.17, 15) is 24.6 Å². The minimum Gasteiger partial charge on any atom is -0.507 e. The fourth-order valence-electron chi connectivity index (χ4n) is 1.94. The summed E-state index contributed by atoms with van der Waals surface area (Å²) in [6, 6.07) is 6.92. The van der Waals surface area contributed by atoms with Gasteiger partial charge >= 0.3 is 11.9 Å². The lowest BCUT2D eigenvalue weighted by atomic mass is 9.95. The number of carboxylic acid groups (broad SMARTS) is 2. The number of ketones is 1. The van der Waals surface area contributed by atoms with Gasteiger partial charge in [0.1, 0.15) is 17.1 Å². The number of aromatic hydroxyl groups is 2. The summed E-state index contributed by atoms with van der Waals surface area (Å²) in [7, 11) is 0. The molecule has 2 aromatic carbocycles. The molecule has 0 fully saturated rings. The summed E-state index contributed by atoms with van der Waals surface area (Å²) in [5, 5.41) is 37.3. The van der Waals surface area contributed by atoms with Crippen molar-refractivity contribution in [2.45, 2.75) is 0 Å². The second-order valence-corrected chi connectivity index (χ2v) is 4.37. The Hall–Kier alpha value is -3.35. The summed E-state index contributed by atoms with van der Waals surface area (Å²) in [4.78, 5) is 34.6. The van der Waals surface area contributed by atoms with E-state index in [1.165, 1.54) is 24.3 Å². The molecule has 0 aliphatic rings. The zero-order valence-corrected chi connectivity index (χ0v) is 11.0. The average Bonchev–Trinajstić information content (AvgIpc) is 2.46. The normalized spacial score (nSPS) is 10.2. The number of phenols is 2. The average molecular weight is 302 g/mol. The lowest BCUT2D eigenvalue weighted by Gasteiger charge is -2.09. The number of aromatic carboxylic acids is 2. The van der Waals surface area contributed by atoms with Gasteiger partial charge in [-0.15, -0.1) is 0 Å². The van der Waals surface area contributed by atoms with E-state index in [0.29, 0.717) is 6.07 Å². The van der Waals surface area contributed by atoms with Crippen LogP contribution in [-0.2, 0) is 0 Å². The Morgan fingerprint density at radius 2 is 1.27 bits per heavy atom. The van der Waals surface area contributed by atoms with Crippen LogP contribution in [-0.4, -0.2) is 38.1 Å². The number of phenolic OH excluding ortho intramolecular Hbond substituents is 1. The Morgan fingerprint density at radius 3 is 1.82 bits per heavy atom. The van der Waals surface area contributed by atoms with Crippen molar-refractivity contribution in [2.75, 3.05) is 0 Å². The SMILES string of the molecule is O=C(O)c1cc(C(=O)c2ccccc2O)c(C(=O)O)cc1O. The highest BCUT2D eigenvalue weighted by Crippen LogP contribution is 2.27. The van der Waals surface area contributed by atoms with Gasteiger partial charge in [-0.2, -0.15) is 0 Å². The van der Waals surface area contributed by atoms with Crippen molar-refractivity contribution in [3.05, 3.63) is 58.7 Å². The van der Waals surface area contributed by atoms with Gasteiger partial charge in [-0.05, 0) is 24.3 Å². The van der Waals surface area contributed by atoms with E-state index < -0.39 is 40.2 Å². The number of rotatable bonds is 4. The molecule has 0 aliphatic carbocycles. The van der Waals surface area contributed by atoms with Gasteiger partial charge in [-0.3, -0.25) is 4.79 Å². The molecule has 0 saturated heterocycles. The number of benzene rings is 2. The second kappa shape index (κ2) is 5.57. The summed E-state index contributed by atoms with van der Waals surface area (Å²) in [6.45, 7) is 0. The molecule has 2 aromatic rings. The predicted octanol–water partition coefficient (Wildman–Crippen LogP) is 1.73. The quantitative estimate of drug-likeness (QED) is 0.632. The van der Waals surface area contributed by atoms with Gasteiger partial charge in [-0.1, -0.05) is 12.1 Å². The molecule has 7 nitrogen and oxygen atoms in total. The predicted molar refractivity (Wildman–Crippen MR) is 73.6 cm³/mol. The van der Waals surface area contributed by atoms with Crippen molar-refractivity contribution < 1.29 is 34.8 Å². The van der Waals surface area contributed by atoms with Gasteiger partial charge in [0.15, 0.2) is 5.78 Å². The van der Waals surface area contributed by atoms with Crippen molar-refractivity contribution >= 4 is 17.7 Å². The first-order valence-electron chi connectivity index (χ1n) is 5.99. The Labute approximate surface area is 123 Å². The maximum atomic E-state index is 12.4. The van der Waals surface area contributed by atoms with Crippen LogP contribution < -0.4 is 0 Å². The van der Waals surface area contributed by atoms with Crippen LogP contribution in [0.3, 0.4) is 0 Å². The molecule has 0 heterocycles. The Balaban J connectivity index is 2.70. The lowest BCUT2D eigenvalue weighted by Crippen LogP contribution is -2.12. The topological polar surface area (TPSA) is 132 Å². The number of hydrogen-bond acceptors (Lipinski definition) is 5. The van der Waals surface area contributed by atoms with Crippen molar-refractivity contribution in [1.29, 1.82) is 0 Å². The molecule has 22 heavy (non-hydrogen) atoms. The number of para-hydroxylation sites is 1. The minimum absolute atomic E-state index is 0.174. The second-order valence-electron chi connectivity index (χ2n) is 4.37. The molecule has 0 radical (unpaired) electrons. The van der Waals surface area contributed by atoms with E-state index in [4.69, 9.17) is 10.2 Å². The van der Waals surface area contributed by atoms with E-state index in [-0.39, 0.29) is 11.3 Å². The number of carbonyl (C=O) groups is 3. The lowest BCUT2D eigenvalue weighted by molar-refractivity contribution is 0.0676. The van der Waals surface area contributed by atoms with E-state index in [2.05, 4.69) is 0 Å². The monoisotopic (exact) mass is 302 g/mol. The number of carboxylic acids is 2. The Bertz CT molecular complexity index is 792. The first kappa shape index (κ1) is 15.0. The first-order chi connectivity index (χ1) is 10.3. The summed E-state index contributed by atoms with van der Waals surface area (Å²) in [6.07, 6.45) is 0. The van der Waals surface area contributed by atoms with Crippen LogP contribution in [0, 0.1) is 0 Å². The van der Waals surface area contributed by atoms with Gasteiger partial charge in [0.25, 0.3) is 0 Å². The van der Waals surface area contributed by atoms with E-state index in [1.54, 1.807) is 0 Å². The maximum Gasteiger partial charge on any atom is 0.339 e. The highest BCUT2D eigenvalue weighted by atomic mass is 16.4. The molecule has 2 rings (SSSR count). The molecule has 0 atom stereocenters. The smallest absolute Gasteiger partial charge is 0.339 e. The van der Waals surface area contributed by atoms with Crippen molar-refractivity contribution in [3.63, 3.8) is 0 Å². The Kier molecular flexibility index (Phi) is 3.81. The Morgan fingerprint density at radius 1 is 0.682 bits per heavy atom. The molecule has 0 amide bonds. The van der Waals surface area contributed by atoms with Gasteiger partial charge in [0.05, 0.1) is 11.1 Å². The van der Waals surface area contributed by atoms with E-state index in [1.807, 2.05) is 0 Å². The largest absolute Gasteiger partial charge is 0.507 e. The van der Waals surface area contributed by atoms with Crippen molar-refractivity contribution in [3.8, 4) is 11.5 Å². The standard InChI is InChI=1S/C15H10O7/c16-11-4-2-1-3-7(11)13(18)8-5-10(15(21)22)12(17)6-9(8)14(19)20/h1-6,16-17H,(H,19,20)(H,21,22). The molecular weight excluding hydrogens is 292 g/mol. The van der Waals surface area contributed by atoms with Gasteiger partial charge in [0, 0.05) is 5.56 Å². The number of carbonyl (C=O) groups excluding carboxylic acids is 1. The maximum absolute atomic E-state index is 12.4. The zero-order valence-electron chi connectivity index (χ0n) is 11.0. The van der Waals surface area contributed by atoms with Crippen LogP contribution in [0.15, 0.2) is 36.4 Å². The highest BCUT2D eigenvalue weighted by Gasteiger charge is 2.24. The fourth-order valence-corrected chi connectivity index (χ4v) is 1.94. The van der Waals surface area contributed by atoms with Crippen LogP contribution >= 0.6 is 0 Å².